The molecule has 4 aromatic carbocycles. The fourth-order valence-electron chi connectivity index (χ4n) is 6.92. The van der Waals surface area contributed by atoms with E-state index in [1.807, 2.05) is 47.2 Å². The molecule has 14 nitrogen and oxygen atoms in total. The molecule has 2 aliphatic rings. The maximum atomic E-state index is 13.0. The molecule has 2 saturated heterocycles. The number of nitrogens with zero attached hydrogens (tertiary/aromatic N) is 6. The molecule has 2 aliphatic heterocycles. The molecule has 8 rings (SSSR count). The van der Waals surface area contributed by atoms with Crippen LogP contribution < -0.4 is 28.7 Å². The SMILES string of the molecule is COc1cc(OC)cc(-c2csc(N3CCN(S(=O)(=O)c4ccc(Cl)cc4Cl)CC3)n2)c1.COc1ccc(-c2csc(N3CCN(S(=O)(=O)c4ccc(Cl)cc4Cl)CC3)n2)cc1OC. The number of hydrogen-bond donors (Lipinski definition) is 0. The van der Waals surface area contributed by atoms with Gasteiger partial charge in [0.25, 0.3) is 0 Å². The summed E-state index contributed by atoms with van der Waals surface area (Å²) in [6, 6.07) is 20.1. The summed E-state index contributed by atoms with van der Waals surface area (Å²) < 4.78 is 76.3. The van der Waals surface area contributed by atoms with Gasteiger partial charge in [0.2, 0.25) is 20.0 Å². The molecule has 6 aromatic rings. The van der Waals surface area contributed by atoms with E-state index < -0.39 is 20.0 Å². The fourth-order valence-corrected chi connectivity index (χ4v) is 13.0. The monoisotopic (exact) mass is 1030 g/mol. The third-order valence-electron chi connectivity index (χ3n) is 10.4. The Morgan fingerprint density at radius 1 is 0.500 bits per heavy atom. The van der Waals surface area contributed by atoms with Gasteiger partial charge in [0.15, 0.2) is 21.8 Å². The number of halogens is 4. The molecule has 0 N–H and O–H groups in total. The molecule has 0 atom stereocenters. The Kier molecular flexibility index (Phi) is 15.4. The van der Waals surface area contributed by atoms with Gasteiger partial charge in [-0.2, -0.15) is 8.61 Å². The highest BCUT2D eigenvalue weighted by atomic mass is 35.5. The Hall–Kier alpha value is -4.08. The number of aromatic nitrogens is 2. The number of piperazine rings is 2. The minimum Gasteiger partial charge on any atom is -0.497 e. The van der Waals surface area contributed by atoms with Crippen LogP contribution >= 0.6 is 69.1 Å². The van der Waals surface area contributed by atoms with E-state index in [4.69, 9.17) is 75.3 Å². The van der Waals surface area contributed by atoms with Crippen molar-refractivity contribution in [3.63, 3.8) is 0 Å². The highest BCUT2D eigenvalue weighted by Crippen LogP contribution is 2.37. The van der Waals surface area contributed by atoms with Gasteiger partial charge in [-0.15, -0.1) is 22.7 Å². The summed E-state index contributed by atoms with van der Waals surface area (Å²) in [4.78, 5) is 13.8. The normalized spacial score (nSPS) is 15.1. The van der Waals surface area contributed by atoms with E-state index in [1.165, 1.54) is 67.7 Å². The van der Waals surface area contributed by atoms with Crippen molar-refractivity contribution < 1.29 is 35.8 Å². The smallest absolute Gasteiger partial charge is 0.244 e. The Balaban J connectivity index is 0.000000191. The van der Waals surface area contributed by atoms with Crippen molar-refractivity contribution >= 4 is 99.4 Å². The Morgan fingerprint density at radius 2 is 0.938 bits per heavy atom. The number of anilines is 2. The molecule has 22 heteroatoms. The second-order valence-corrected chi connectivity index (χ2v) is 21.3. The van der Waals surface area contributed by atoms with E-state index in [1.54, 1.807) is 28.4 Å². The minimum absolute atomic E-state index is 0.0699. The Morgan fingerprint density at radius 3 is 1.34 bits per heavy atom. The number of sulfonamides is 2. The lowest BCUT2D eigenvalue weighted by atomic mass is 10.1. The largest absolute Gasteiger partial charge is 0.497 e. The lowest BCUT2D eigenvalue weighted by molar-refractivity contribution is 0.355. The molecular formula is C42H42Cl4N6O8S4. The van der Waals surface area contributed by atoms with Crippen molar-refractivity contribution in [3.05, 3.63) is 104 Å². The summed E-state index contributed by atoms with van der Waals surface area (Å²) in [7, 11) is -0.984. The van der Waals surface area contributed by atoms with Gasteiger partial charge in [0.05, 0.1) is 49.9 Å². The van der Waals surface area contributed by atoms with Crippen molar-refractivity contribution in [3.8, 4) is 45.5 Å². The fraction of sp³-hybridized carbons (Fsp3) is 0.286. The first-order valence-electron chi connectivity index (χ1n) is 19.4. The van der Waals surface area contributed by atoms with E-state index in [9.17, 15) is 16.8 Å². The molecule has 0 radical (unpaired) electrons. The summed E-state index contributed by atoms with van der Waals surface area (Å²) in [6.07, 6.45) is 0. The van der Waals surface area contributed by atoms with Crippen LogP contribution in [-0.2, 0) is 20.0 Å². The summed E-state index contributed by atoms with van der Waals surface area (Å²) in [5, 5.41) is 6.67. The van der Waals surface area contributed by atoms with Crippen LogP contribution in [0.4, 0.5) is 10.3 Å². The predicted octanol–water partition coefficient (Wildman–Crippen LogP) is 9.29. The number of ether oxygens (including phenoxy) is 4. The zero-order chi connectivity index (χ0) is 45.8. The molecule has 0 unspecified atom stereocenters. The van der Waals surface area contributed by atoms with Crippen molar-refractivity contribution in [2.24, 2.45) is 0 Å². The summed E-state index contributed by atoms with van der Waals surface area (Å²) in [5.74, 6) is 2.67. The van der Waals surface area contributed by atoms with Gasteiger partial charge in [0.1, 0.15) is 21.3 Å². The average molecular weight is 1030 g/mol. The van der Waals surface area contributed by atoms with Gasteiger partial charge in [0, 0.05) is 90.4 Å². The summed E-state index contributed by atoms with van der Waals surface area (Å²) in [6.45, 7) is 3.47. The molecular weight excluding hydrogens is 987 g/mol. The summed E-state index contributed by atoms with van der Waals surface area (Å²) in [5.41, 5.74) is 3.45. The van der Waals surface area contributed by atoms with E-state index in [2.05, 4.69) is 9.80 Å². The van der Waals surface area contributed by atoms with Gasteiger partial charge in [-0.3, -0.25) is 0 Å². The molecule has 0 amide bonds. The third-order valence-corrected chi connectivity index (χ3v) is 17.4. The maximum absolute atomic E-state index is 13.0. The van der Waals surface area contributed by atoms with Crippen LogP contribution in [0.1, 0.15) is 0 Å². The van der Waals surface area contributed by atoms with E-state index in [0.717, 1.165) is 32.8 Å². The first-order valence-corrected chi connectivity index (χ1v) is 25.6. The van der Waals surface area contributed by atoms with E-state index in [0.29, 0.717) is 85.4 Å². The number of methoxy groups -OCH3 is 4. The third kappa shape index (κ3) is 10.6. The average Bonchev–Trinajstić information content (AvgIpc) is 4.01. The second kappa shape index (κ2) is 20.6. The standard InChI is InChI=1S/2C21H21Cl2N3O4S2/c1-29-18-5-3-14(11-19(18)30-2)17-13-31-21(24-17)25-7-9-26(10-8-25)32(27,28)20-6-4-15(22)12-16(20)23;1-29-16-9-14(10-17(12-16)30-2)19-13-31-21(24-19)25-5-7-26(8-6-25)32(27,28)20-4-3-15(22)11-18(20)23/h3-6,11-13H,7-10H2,1-2H3;3-4,9-13H,5-8H2,1-2H3. The van der Waals surface area contributed by atoms with Crippen LogP contribution in [0.15, 0.2) is 93.3 Å². The molecule has 340 valence electrons. The summed E-state index contributed by atoms with van der Waals surface area (Å²) >= 11 is 27.1. The number of thiazole rings is 2. The quantitative estimate of drug-likeness (QED) is 0.115. The zero-order valence-electron chi connectivity index (χ0n) is 34.8. The lowest BCUT2D eigenvalue weighted by Crippen LogP contribution is -2.48. The van der Waals surface area contributed by atoms with Gasteiger partial charge < -0.3 is 28.7 Å². The number of benzene rings is 4. The van der Waals surface area contributed by atoms with Crippen molar-refractivity contribution in [1.82, 2.24) is 18.6 Å². The predicted molar refractivity (Wildman–Crippen MR) is 256 cm³/mol. The van der Waals surface area contributed by atoms with Gasteiger partial charge in [-0.25, -0.2) is 26.8 Å². The Labute approximate surface area is 400 Å². The highest BCUT2D eigenvalue weighted by molar-refractivity contribution is 7.89. The minimum atomic E-state index is -3.70. The molecule has 64 heavy (non-hydrogen) atoms. The van der Waals surface area contributed by atoms with Crippen LogP contribution in [0.25, 0.3) is 22.5 Å². The molecule has 2 fully saturated rings. The van der Waals surface area contributed by atoms with E-state index >= 15 is 0 Å². The van der Waals surface area contributed by atoms with Crippen molar-refractivity contribution in [1.29, 1.82) is 0 Å². The van der Waals surface area contributed by atoms with Gasteiger partial charge >= 0.3 is 0 Å². The first-order chi connectivity index (χ1) is 30.6. The van der Waals surface area contributed by atoms with Crippen LogP contribution in [0, 0.1) is 0 Å². The molecule has 0 saturated carbocycles. The van der Waals surface area contributed by atoms with Crippen molar-refractivity contribution in [2.75, 3.05) is 90.6 Å². The number of rotatable bonds is 12. The topological polar surface area (TPSA) is 144 Å². The molecule has 2 aromatic heterocycles. The number of hydrogen-bond acceptors (Lipinski definition) is 14. The van der Waals surface area contributed by atoms with E-state index in [-0.39, 0.29) is 19.8 Å². The molecule has 4 heterocycles. The van der Waals surface area contributed by atoms with Crippen LogP contribution in [0.3, 0.4) is 0 Å². The first kappa shape index (κ1) is 47.9. The van der Waals surface area contributed by atoms with Crippen LogP contribution in [0.2, 0.25) is 20.1 Å². The second-order valence-electron chi connectivity index (χ2n) is 14.1. The maximum Gasteiger partial charge on any atom is 0.244 e. The van der Waals surface area contributed by atoms with Gasteiger partial charge in [-0.1, -0.05) is 46.4 Å². The van der Waals surface area contributed by atoms with Crippen LogP contribution in [-0.4, -0.2) is 116 Å². The zero-order valence-corrected chi connectivity index (χ0v) is 41.1. The van der Waals surface area contributed by atoms with Crippen LogP contribution in [0.5, 0.6) is 23.0 Å². The highest BCUT2D eigenvalue weighted by Gasteiger charge is 2.32. The Bertz CT molecular complexity index is 2810. The molecule has 0 spiro atoms. The van der Waals surface area contributed by atoms with Gasteiger partial charge in [-0.05, 0) is 66.7 Å². The molecule has 0 bridgehead atoms. The lowest BCUT2D eigenvalue weighted by Gasteiger charge is -2.33. The molecule has 0 aliphatic carbocycles. The van der Waals surface area contributed by atoms with Crippen molar-refractivity contribution in [2.45, 2.75) is 9.79 Å².